The molecule has 0 unspecified atom stereocenters. The summed E-state index contributed by atoms with van der Waals surface area (Å²) < 4.78 is 1.42. The molecule has 0 atom stereocenters. The van der Waals surface area contributed by atoms with Crippen LogP contribution in [-0.2, 0) is 20.0 Å². The predicted octanol–water partition coefficient (Wildman–Crippen LogP) is 5.81. The summed E-state index contributed by atoms with van der Waals surface area (Å²) in [5.74, 6) is 0.322. The van der Waals surface area contributed by atoms with E-state index in [1.54, 1.807) is 24.3 Å². The van der Waals surface area contributed by atoms with E-state index < -0.39 is 0 Å². The van der Waals surface area contributed by atoms with Gasteiger partial charge in [-0.15, -0.1) is 48.6 Å². The first-order chi connectivity index (χ1) is 10.6. The van der Waals surface area contributed by atoms with E-state index in [0.717, 1.165) is 6.42 Å². The van der Waals surface area contributed by atoms with Gasteiger partial charge in [0.25, 0.3) is 0 Å². The SMILES string of the molecule is C[C](C)=[Ti+].Cl.Cl.Oc1ccccc1.[C-]1=C(c2ccccc2)C=CC1. The van der Waals surface area contributed by atoms with Gasteiger partial charge in [0.1, 0.15) is 5.75 Å². The summed E-state index contributed by atoms with van der Waals surface area (Å²) in [5, 5.41) is 8.63. The molecule has 0 aromatic heterocycles. The van der Waals surface area contributed by atoms with Crippen molar-refractivity contribution in [2.24, 2.45) is 0 Å². The Hall–Kier alpha value is -1.12. The second-order valence-electron chi connectivity index (χ2n) is 4.90. The number of allylic oxidation sites excluding steroid dienone is 4. The van der Waals surface area contributed by atoms with Gasteiger partial charge in [-0.1, -0.05) is 42.8 Å². The summed E-state index contributed by atoms with van der Waals surface area (Å²) in [6.07, 6.45) is 8.49. The molecule has 1 aliphatic carbocycles. The molecule has 0 bridgehead atoms. The quantitative estimate of drug-likeness (QED) is 0.475. The zero-order valence-electron chi connectivity index (χ0n) is 13.9. The molecule has 3 rings (SSSR count). The summed E-state index contributed by atoms with van der Waals surface area (Å²) >= 11 is 2.08. The van der Waals surface area contributed by atoms with Crippen LogP contribution in [0.4, 0.5) is 0 Å². The van der Waals surface area contributed by atoms with Gasteiger partial charge in [0.15, 0.2) is 0 Å². The van der Waals surface area contributed by atoms with E-state index in [2.05, 4.69) is 76.3 Å². The van der Waals surface area contributed by atoms with Crippen LogP contribution in [0.15, 0.2) is 72.8 Å². The fourth-order valence-electron chi connectivity index (χ4n) is 1.65. The van der Waals surface area contributed by atoms with Crippen LogP contribution in [0, 0.1) is 6.08 Å². The van der Waals surface area contributed by atoms with Crippen LogP contribution in [0.2, 0.25) is 0 Å². The molecule has 0 radical (unpaired) electrons. The van der Waals surface area contributed by atoms with Gasteiger partial charge in [-0.25, -0.2) is 0 Å². The molecule has 0 saturated carbocycles. The van der Waals surface area contributed by atoms with Crippen molar-refractivity contribution >= 4 is 34.2 Å². The molecular formula is C20H23Cl2OTi. The second-order valence-corrected chi connectivity index (χ2v) is 6.46. The van der Waals surface area contributed by atoms with Crippen molar-refractivity contribution in [1.82, 2.24) is 0 Å². The van der Waals surface area contributed by atoms with Crippen LogP contribution < -0.4 is 0 Å². The molecular weight excluding hydrogens is 375 g/mol. The number of hydrogen-bond acceptors (Lipinski definition) is 1. The average Bonchev–Trinajstić information content (AvgIpc) is 3.03. The summed E-state index contributed by atoms with van der Waals surface area (Å²) in [6, 6.07) is 19.1. The van der Waals surface area contributed by atoms with Gasteiger partial charge in [0, 0.05) is 0 Å². The minimum absolute atomic E-state index is 0. The van der Waals surface area contributed by atoms with Crippen LogP contribution >= 0.6 is 24.8 Å². The minimum Gasteiger partial charge on any atom is -0.508 e. The molecule has 1 nitrogen and oxygen atoms in total. The summed E-state index contributed by atoms with van der Waals surface area (Å²) in [7, 11) is 0. The molecule has 0 saturated heterocycles. The van der Waals surface area contributed by atoms with Crippen molar-refractivity contribution in [3.8, 4) is 5.75 Å². The van der Waals surface area contributed by atoms with Gasteiger partial charge >= 0.3 is 37.6 Å². The van der Waals surface area contributed by atoms with Gasteiger partial charge < -0.3 is 5.11 Å². The zero-order chi connectivity index (χ0) is 16.2. The maximum Gasteiger partial charge on any atom is 0.115 e. The van der Waals surface area contributed by atoms with Crippen molar-refractivity contribution in [3.05, 3.63) is 84.5 Å². The second kappa shape index (κ2) is 15.4. The van der Waals surface area contributed by atoms with Crippen molar-refractivity contribution < 1.29 is 25.1 Å². The van der Waals surface area contributed by atoms with E-state index in [0.29, 0.717) is 5.75 Å². The number of hydrogen-bond donors (Lipinski definition) is 1. The average molecular weight is 398 g/mol. The molecule has 0 aliphatic heterocycles. The topological polar surface area (TPSA) is 20.2 Å². The molecule has 4 heteroatoms. The Morgan fingerprint density at radius 3 is 1.71 bits per heavy atom. The zero-order valence-corrected chi connectivity index (χ0v) is 17.1. The predicted molar refractivity (Wildman–Crippen MR) is 106 cm³/mol. The Bertz CT molecular complexity index is 619. The molecule has 0 heterocycles. The monoisotopic (exact) mass is 397 g/mol. The van der Waals surface area contributed by atoms with E-state index in [4.69, 9.17) is 5.11 Å². The number of rotatable bonds is 1. The van der Waals surface area contributed by atoms with E-state index in [9.17, 15) is 0 Å². The maximum absolute atomic E-state index is 8.63. The van der Waals surface area contributed by atoms with E-state index >= 15 is 0 Å². The Morgan fingerprint density at radius 1 is 0.917 bits per heavy atom. The third-order valence-corrected chi connectivity index (χ3v) is 2.54. The number of halogens is 2. The van der Waals surface area contributed by atoms with E-state index in [1.807, 2.05) is 12.1 Å². The van der Waals surface area contributed by atoms with E-state index in [-0.39, 0.29) is 24.8 Å². The van der Waals surface area contributed by atoms with Gasteiger partial charge in [-0.05, 0) is 12.1 Å². The van der Waals surface area contributed by atoms with Crippen LogP contribution in [0.25, 0.3) is 5.57 Å². The molecule has 24 heavy (non-hydrogen) atoms. The Morgan fingerprint density at radius 2 is 1.38 bits per heavy atom. The number of benzene rings is 2. The molecule has 1 aliphatic rings. The van der Waals surface area contributed by atoms with Crippen LogP contribution in [0.3, 0.4) is 0 Å². The van der Waals surface area contributed by atoms with Crippen molar-refractivity contribution in [3.63, 3.8) is 0 Å². The molecule has 0 fully saturated rings. The largest absolute Gasteiger partial charge is 0.508 e. The van der Waals surface area contributed by atoms with Crippen molar-refractivity contribution in [2.75, 3.05) is 0 Å². The number of phenols is 1. The normalized spacial score (nSPS) is 10.6. The first kappa shape index (κ1) is 25.1. The summed E-state index contributed by atoms with van der Waals surface area (Å²) in [5.41, 5.74) is 2.49. The number of phenolic OH excluding ortho intramolecular Hbond substituents is 1. The summed E-state index contributed by atoms with van der Waals surface area (Å²) in [4.78, 5) is 0. The first-order valence-corrected chi connectivity index (χ1v) is 7.96. The Labute approximate surface area is 169 Å². The Kier molecular flexibility index (Phi) is 16.1. The smallest absolute Gasteiger partial charge is 0.115 e. The third-order valence-electron chi connectivity index (χ3n) is 2.54. The van der Waals surface area contributed by atoms with Crippen LogP contribution in [0.5, 0.6) is 5.75 Å². The first-order valence-electron chi connectivity index (χ1n) is 7.18. The van der Waals surface area contributed by atoms with Crippen LogP contribution in [0.1, 0.15) is 25.8 Å². The number of para-hydroxylation sites is 1. The molecule has 0 spiro atoms. The standard InChI is InChI=1S/C11H9.C6H6O.C3H6.2ClH.Ti/c1-2-6-10(7-3-1)11-8-4-5-9-11;7-6-4-2-1-3-5-6;1-3-2;;;/h1-4,6-8H,5H2;1-5,7H;1-2H3;2*1H;/q-1;;;;;+1. The van der Waals surface area contributed by atoms with Gasteiger partial charge in [0.2, 0.25) is 0 Å². The van der Waals surface area contributed by atoms with Gasteiger partial charge in [-0.3, -0.25) is 0 Å². The fourth-order valence-corrected chi connectivity index (χ4v) is 1.65. The number of aromatic hydroxyl groups is 1. The van der Waals surface area contributed by atoms with Gasteiger partial charge in [-0.2, -0.15) is 17.7 Å². The molecule has 0 amide bonds. The minimum atomic E-state index is 0. The molecule has 2 aromatic carbocycles. The fraction of sp³-hybridized carbons (Fsp3) is 0.150. The molecule has 1 N–H and O–H groups in total. The van der Waals surface area contributed by atoms with Crippen molar-refractivity contribution in [1.29, 1.82) is 0 Å². The van der Waals surface area contributed by atoms with Crippen molar-refractivity contribution in [2.45, 2.75) is 20.3 Å². The Balaban J connectivity index is 0. The maximum atomic E-state index is 8.63. The van der Waals surface area contributed by atoms with Crippen LogP contribution in [-0.4, -0.2) is 8.92 Å². The molecule has 2 aromatic rings. The van der Waals surface area contributed by atoms with Gasteiger partial charge in [0.05, 0.1) is 0 Å². The summed E-state index contributed by atoms with van der Waals surface area (Å²) in [6.45, 7) is 4.17. The van der Waals surface area contributed by atoms with E-state index in [1.165, 1.54) is 14.9 Å². The third kappa shape index (κ3) is 12.3. The molecule has 127 valence electrons.